The van der Waals surface area contributed by atoms with Gasteiger partial charge in [0.1, 0.15) is 0 Å². The third kappa shape index (κ3) is 7.33. The van der Waals surface area contributed by atoms with Crippen molar-refractivity contribution in [3.63, 3.8) is 0 Å². The zero-order valence-corrected chi connectivity index (χ0v) is 9.37. The highest BCUT2D eigenvalue weighted by molar-refractivity contribution is 5.75. The van der Waals surface area contributed by atoms with Gasteiger partial charge in [-0.25, -0.2) is 0 Å². The average molecular weight is 215 g/mol. The van der Waals surface area contributed by atoms with Crippen LogP contribution in [0.5, 0.6) is 0 Å². The molecule has 0 aromatic rings. The van der Waals surface area contributed by atoms with Crippen LogP contribution in [0.15, 0.2) is 0 Å². The van der Waals surface area contributed by atoms with E-state index in [4.69, 9.17) is 9.84 Å². The SMILES string of the molecule is CC(O)CCC(=O)NCCOCC1CC1. The summed E-state index contributed by atoms with van der Waals surface area (Å²) in [6, 6.07) is 0. The molecule has 0 aromatic heterocycles. The Kier molecular flexibility index (Phi) is 5.65. The Labute approximate surface area is 91.0 Å². The highest BCUT2D eigenvalue weighted by Gasteiger charge is 2.20. The summed E-state index contributed by atoms with van der Waals surface area (Å²) in [5.41, 5.74) is 0. The Bertz CT molecular complexity index is 190. The van der Waals surface area contributed by atoms with Crippen molar-refractivity contribution in [1.29, 1.82) is 0 Å². The summed E-state index contributed by atoms with van der Waals surface area (Å²) in [7, 11) is 0. The molecule has 1 atom stereocenters. The van der Waals surface area contributed by atoms with Gasteiger partial charge < -0.3 is 15.2 Å². The van der Waals surface area contributed by atoms with E-state index in [0.29, 0.717) is 26.0 Å². The number of hydrogen-bond donors (Lipinski definition) is 2. The van der Waals surface area contributed by atoms with Crippen molar-refractivity contribution in [2.75, 3.05) is 19.8 Å². The molecule has 0 bridgehead atoms. The Morgan fingerprint density at radius 2 is 2.33 bits per heavy atom. The molecular formula is C11H21NO3. The van der Waals surface area contributed by atoms with E-state index in [1.807, 2.05) is 0 Å². The molecule has 1 rings (SSSR count). The van der Waals surface area contributed by atoms with Gasteiger partial charge in [0, 0.05) is 19.6 Å². The second-order valence-corrected chi connectivity index (χ2v) is 4.26. The maximum atomic E-state index is 11.2. The number of nitrogens with one attached hydrogen (secondary N) is 1. The van der Waals surface area contributed by atoms with Gasteiger partial charge in [-0.2, -0.15) is 0 Å². The number of carbonyl (C=O) groups excluding carboxylic acids is 1. The lowest BCUT2D eigenvalue weighted by atomic mass is 10.2. The molecule has 1 aliphatic carbocycles. The second-order valence-electron chi connectivity index (χ2n) is 4.26. The third-order valence-electron chi connectivity index (χ3n) is 2.41. The summed E-state index contributed by atoms with van der Waals surface area (Å²) < 4.78 is 5.37. The third-order valence-corrected chi connectivity index (χ3v) is 2.41. The fourth-order valence-electron chi connectivity index (χ4n) is 1.23. The molecule has 0 aliphatic heterocycles. The van der Waals surface area contributed by atoms with Crippen molar-refractivity contribution in [1.82, 2.24) is 5.32 Å². The van der Waals surface area contributed by atoms with Crippen LogP contribution < -0.4 is 5.32 Å². The minimum Gasteiger partial charge on any atom is -0.393 e. The fraction of sp³-hybridized carbons (Fsp3) is 0.909. The van der Waals surface area contributed by atoms with Crippen molar-refractivity contribution in [2.24, 2.45) is 5.92 Å². The van der Waals surface area contributed by atoms with E-state index in [-0.39, 0.29) is 5.91 Å². The number of carbonyl (C=O) groups is 1. The monoisotopic (exact) mass is 215 g/mol. The lowest BCUT2D eigenvalue weighted by molar-refractivity contribution is -0.121. The van der Waals surface area contributed by atoms with E-state index >= 15 is 0 Å². The first-order valence-electron chi connectivity index (χ1n) is 5.71. The standard InChI is InChI=1S/C11H21NO3/c1-9(13)2-5-11(14)12-6-7-15-8-10-3-4-10/h9-10,13H,2-8H2,1H3,(H,12,14). The van der Waals surface area contributed by atoms with Crippen LogP contribution in [0.4, 0.5) is 0 Å². The minimum atomic E-state index is -0.401. The van der Waals surface area contributed by atoms with Crippen molar-refractivity contribution < 1.29 is 14.6 Å². The smallest absolute Gasteiger partial charge is 0.220 e. The molecule has 1 saturated carbocycles. The summed E-state index contributed by atoms with van der Waals surface area (Å²) >= 11 is 0. The summed E-state index contributed by atoms with van der Waals surface area (Å²) in [4.78, 5) is 11.2. The second kappa shape index (κ2) is 6.80. The number of rotatable bonds is 8. The maximum absolute atomic E-state index is 11.2. The molecule has 1 aliphatic rings. The van der Waals surface area contributed by atoms with Crippen LogP contribution in [0.3, 0.4) is 0 Å². The van der Waals surface area contributed by atoms with Crippen LogP contribution in [0.1, 0.15) is 32.6 Å². The van der Waals surface area contributed by atoms with Gasteiger partial charge in [-0.3, -0.25) is 4.79 Å². The summed E-state index contributed by atoms with van der Waals surface area (Å²) in [5, 5.41) is 11.7. The lowest BCUT2D eigenvalue weighted by Gasteiger charge is -2.06. The Morgan fingerprint density at radius 1 is 1.60 bits per heavy atom. The predicted molar refractivity (Wildman–Crippen MR) is 57.5 cm³/mol. The van der Waals surface area contributed by atoms with Crippen molar-refractivity contribution in [2.45, 2.75) is 38.7 Å². The van der Waals surface area contributed by atoms with E-state index in [1.54, 1.807) is 6.92 Å². The van der Waals surface area contributed by atoms with Gasteiger partial charge in [0.2, 0.25) is 5.91 Å². The molecule has 1 unspecified atom stereocenters. The molecule has 0 spiro atoms. The number of hydrogen-bond acceptors (Lipinski definition) is 3. The van der Waals surface area contributed by atoms with Crippen LogP contribution in [-0.2, 0) is 9.53 Å². The van der Waals surface area contributed by atoms with Gasteiger partial charge >= 0.3 is 0 Å². The molecule has 4 nitrogen and oxygen atoms in total. The normalized spacial score (nSPS) is 17.5. The van der Waals surface area contributed by atoms with Gasteiger partial charge in [0.05, 0.1) is 12.7 Å². The molecule has 0 radical (unpaired) electrons. The predicted octanol–water partition coefficient (Wildman–Crippen LogP) is 0.690. The van der Waals surface area contributed by atoms with Gasteiger partial charge in [-0.05, 0) is 32.1 Å². The van der Waals surface area contributed by atoms with Gasteiger partial charge in [0.15, 0.2) is 0 Å². The van der Waals surface area contributed by atoms with Crippen LogP contribution in [0.2, 0.25) is 0 Å². The topological polar surface area (TPSA) is 58.6 Å². The Hall–Kier alpha value is -0.610. The van der Waals surface area contributed by atoms with Crippen LogP contribution in [0.25, 0.3) is 0 Å². The Balaban J connectivity index is 1.82. The molecule has 88 valence electrons. The average Bonchev–Trinajstić information content (AvgIpc) is 2.98. The molecule has 0 heterocycles. The maximum Gasteiger partial charge on any atom is 0.220 e. The van der Waals surface area contributed by atoms with Crippen molar-refractivity contribution >= 4 is 5.91 Å². The van der Waals surface area contributed by atoms with Gasteiger partial charge in [-0.15, -0.1) is 0 Å². The molecule has 0 aromatic carbocycles. The Morgan fingerprint density at radius 3 is 2.93 bits per heavy atom. The molecule has 2 N–H and O–H groups in total. The zero-order chi connectivity index (χ0) is 11.1. The highest BCUT2D eigenvalue weighted by atomic mass is 16.5. The number of ether oxygens (including phenoxy) is 1. The quantitative estimate of drug-likeness (QED) is 0.586. The summed E-state index contributed by atoms with van der Waals surface area (Å²) in [6.07, 6.45) is 3.10. The fourth-order valence-corrected chi connectivity index (χ4v) is 1.23. The minimum absolute atomic E-state index is 0.00841. The first kappa shape index (κ1) is 12.5. The van der Waals surface area contributed by atoms with Gasteiger partial charge in [0.25, 0.3) is 0 Å². The number of amides is 1. The zero-order valence-electron chi connectivity index (χ0n) is 9.37. The largest absolute Gasteiger partial charge is 0.393 e. The number of aliphatic hydroxyl groups excluding tert-OH is 1. The summed E-state index contributed by atoms with van der Waals surface area (Å²) in [5.74, 6) is 0.766. The van der Waals surface area contributed by atoms with E-state index in [0.717, 1.165) is 12.5 Å². The van der Waals surface area contributed by atoms with E-state index < -0.39 is 6.10 Å². The van der Waals surface area contributed by atoms with Crippen LogP contribution in [-0.4, -0.2) is 36.9 Å². The van der Waals surface area contributed by atoms with E-state index in [9.17, 15) is 4.79 Å². The molecule has 0 saturated heterocycles. The first-order chi connectivity index (χ1) is 7.18. The molecular weight excluding hydrogens is 194 g/mol. The van der Waals surface area contributed by atoms with Gasteiger partial charge in [-0.1, -0.05) is 0 Å². The molecule has 15 heavy (non-hydrogen) atoms. The van der Waals surface area contributed by atoms with Crippen molar-refractivity contribution in [3.05, 3.63) is 0 Å². The molecule has 1 amide bonds. The first-order valence-corrected chi connectivity index (χ1v) is 5.71. The number of aliphatic hydroxyl groups is 1. The highest BCUT2D eigenvalue weighted by Crippen LogP contribution is 2.28. The van der Waals surface area contributed by atoms with Crippen LogP contribution >= 0.6 is 0 Å². The van der Waals surface area contributed by atoms with E-state index in [2.05, 4.69) is 5.32 Å². The lowest BCUT2D eigenvalue weighted by Crippen LogP contribution is -2.27. The molecule has 1 fully saturated rings. The van der Waals surface area contributed by atoms with Crippen molar-refractivity contribution in [3.8, 4) is 0 Å². The van der Waals surface area contributed by atoms with Crippen LogP contribution in [0, 0.1) is 5.92 Å². The van der Waals surface area contributed by atoms with E-state index in [1.165, 1.54) is 12.8 Å². The molecule has 4 heteroatoms. The summed E-state index contributed by atoms with van der Waals surface area (Å²) in [6.45, 7) is 3.69.